The molecule has 0 N–H and O–H groups in total. The van der Waals surface area contributed by atoms with Crippen molar-refractivity contribution in [2.45, 2.75) is 32.6 Å². The van der Waals surface area contributed by atoms with Crippen LogP contribution in [0, 0.1) is 0 Å². The molecule has 0 aliphatic heterocycles. The van der Waals surface area contributed by atoms with Crippen molar-refractivity contribution < 1.29 is 4.79 Å². The Morgan fingerprint density at radius 2 is 1.60 bits per heavy atom. The molecule has 20 heavy (non-hydrogen) atoms. The molecule has 0 bridgehead atoms. The van der Waals surface area contributed by atoms with E-state index in [1.807, 2.05) is 48.5 Å². The molecule has 0 unspecified atom stereocenters. The number of hydrogen-bond acceptors (Lipinski definition) is 1. The largest absolute Gasteiger partial charge is 0.294 e. The Hall–Kier alpha value is -1.41. The molecule has 2 heteroatoms. The average molecular weight is 331 g/mol. The summed E-state index contributed by atoms with van der Waals surface area (Å²) in [7, 11) is 0. The van der Waals surface area contributed by atoms with Crippen molar-refractivity contribution in [3.8, 4) is 0 Å². The van der Waals surface area contributed by atoms with Crippen molar-refractivity contribution in [2.24, 2.45) is 0 Å². The lowest BCUT2D eigenvalue weighted by atomic mass is 9.82. The SMILES string of the molecule is CC(C)(C)c1ccccc1C(=O)Cc1ccccc1Br. The average Bonchev–Trinajstić information content (AvgIpc) is 2.40. The highest BCUT2D eigenvalue weighted by Crippen LogP contribution is 2.27. The van der Waals surface area contributed by atoms with E-state index in [9.17, 15) is 4.79 Å². The van der Waals surface area contributed by atoms with E-state index in [1.54, 1.807) is 0 Å². The molecule has 0 aliphatic carbocycles. The van der Waals surface area contributed by atoms with Crippen LogP contribution < -0.4 is 0 Å². The Kier molecular flexibility index (Phi) is 4.44. The van der Waals surface area contributed by atoms with Crippen molar-refractivity contribution in [1.82, 2.24) is 0 Å². The fourth-order valence-corrected chi connectivity index (χ4v) is 2.72. The Morgan fingerprint density at radius 3 is 2.25 bits per heavy atom. The maximum Gasteiger partial charge on any atom is 0.167 e. The van der Waals surface area contributed by atoms with E-state index in [4.69, 9.17) is 0 Å². The van der Waals surface area contributed by atoms with Crippen LogP contribution in [0.4, 0.5) is 0 Å². The van der Waals surface area contributed by atoms with E-state index >= 15 is 0 Å². The zero-order valence-corrected chi connectivity index (χ0v) is 13.7. The second-order valence-corrected chi connectivity index (χ2v) is 6.84. The smallest absolute Gasteiger partial charge is 0.167 e. The highest BCUT2D eigenvalue weighted by Gasteiger charge is 2.21. The Balaban J connectivity index is 2.34. The van der Waals surface area contributed by atoms with Crippen LogP contribution >= 0.6 is 15.9 Å². The van der Waals surface area contributed by atoms with Crippen LogP contribution in [0.1, 0.15) is 42.3 Å². The lowest BCUT2D eigenvalue weighted by molar-refractivity contribution is 0.0990. The minimum Gasteiger partial charge on any atom is -0.294 e. The molecule has 0 spiro atoms. The molecular formula is C18H19BrO. The summed E-state index contributed by atoms with van der Waals surface area (Å²) < 4.78 is 0.988. The summed E-state index contributed by atoms with van der Waals surface area (Å²) in [4.78, 5) is 12.6. The summed E-state index contributed by atoms with van der Waals surface area (Å²) in [6.07, 6.45) is 0.425. The van der Waals surface area contributed by atoms with E-state index in [0.29, 0.717) is 6.42 Å². The van der Waals surface area contributed by atoms with Crippen LogP contribution in [-0.2, 0) is 11.8 Å². The first-order chi connectivity index (χ1) is 9.39. The number of ketones is 1. The summed E-state index contributed by atoms with van der Waals surface area (Å²) in [5, 5.41) is 0. The lowest BCUT2D eigenvalue weighted by Gasteiger charge is -2.22. The van der Waals surface area contributed by atoms with Gasteiger partial charge in [-0.15, -0.1) is 0 Å². The van der Waals surface area contributed by atoms with Crippen molar-refractivity contribution in [1.29, 1.82) is 0 Å². The fraction of sp³-hybridized carbons (Fsp3) is 0.278. The van der Waals surface area contributed by atoms with Gasteiger partial charge in [0.25, 0.3) is 0 Å². The molecule has 0 fully saturated rings. The monoisotopic (exact) mass is 330 g/mol. The van der Waals surface area contributed by atoms with Gasteiger partial charge >= 0.3 is 0 Å². The standard InChI is InChI=1S/C18H19BrO/c1-18(2,3)15-10-6-5-9-14(15)17(20)12-13-8-4-7-11-16(13)19/h4-11H,12H2,1-3H3. The predicted octanol–water partition coefficient (Wildman–Crippen LogP) is 5.17. The van der Waals surface area contributed by atoms with Crippen LogP contribution in [0.3, 0.4) is 0 Å². The van der Waals surface area contributed by atoms with Gasteiger partial charge in [0.05, 0.1) is 0 Å². The molecule has 2 rings (SSSR count). The van der Waals surface area contributed by atoms with Gasteiger partial charge in [-0.25, -0.2) is 0 Å². The highest BCUT2D eigenvalue weighted by atomic mass is 79.9. The number of benzene rings is 2. The molecule has 0 atom stereocenters. The number of carbonyl (C=O) groups excluding carboxylic acids is 1. The molecule has 0 radical (unpaired) electrons. The molecule has 0 saturated carbocycles. The van der Waals surface area contributed by atoms with Crippen LogP contribution in [0.2, 0.25) is 0 Å². The number of rotatable bonds is 3. The van der Waals surface area contributed by atoms with Gasteiger partial charge in [0.15, 0.2) is 5.78 Å². The second kappa shape index (κ2) is 5.92. The van der Waals surface area contributed by atoms with Crippen LogP contribution in [0.5, 0.6) is 0 Å². The number of Topliss-reactive ketones (excluding diaryl/α,β-unsaturated/α-hetero) is 1. The van der Waals surface area contributed by atoms with E-state index in [-0.39, 0.29) is 11.2 Å². The van der Waals surface area contributed by atoms with Gasteiger partial charge in [-0.3, -0.25) is 4.79 Å². The molecule has 0 aromatic heterocycles. The first-order valence-corrected chi connectivity index (χ1v) is 7.55. The molecule has 104 valence electrons. The number of halogens is 1. The molecule has 0 aliphatic rings. The molecule has 0 heterocycles. The third-order valence-electron chi connectivity index (χ3n) is 3.34. The van der Waals surface area contributed by atoms with E-state index in [1.165, 1.54) is 0 Å². The first kappa shape index (κ1) is 15.0. The van der Waals surface area contributed by atoms with Crippen molar-refractivity contribution in [3.63, 3.8) is 0 Å². The van der Waals surface area contributed by atoms with Crippen molar-refractivity contribution in [2.75, 3.05) is 0 Å². The van der Waals surface area contributed by atoms with Gasteiger partial charge in [-0.05, 0) is 22.6 Å². The lowest BCUT2D eigenvalue weighted by Crippen LogP contribution is -2.17. The van der Waals surface area contributed by atoms with Gasteiger partial charge in [-0.1, -0.05) is 79.2 Å². The Morgan fingerprint density at radius 1 is 1.00 bits per heavy atom. The first-order valence-electron chi connectivity index (χ1n) is 6.75. The maximum absolute atomic E-state index is 12.6. The predicted molar refractivity (Wildman–Crippen MR) is 87.3 cm³/mol. The zero-order chi connectivity index (χ0) is 14.8. The minimum absolute atomic E-state index is 0.0276. The number of hydrogen-bond donors (Lipinski definition) is 0. The van der Waals surface area contributed by atoms with Gasteiger partial charge in [-0.2, -0.15) is 0 Å². The highest BCUT2D eigenvalue weighted by molar-refractivity contribution is 9.10. The fourth-order valence-electron chi connectivity index (χ4n) is 2.29. The van der Waals surface area contributed by atoms with Crippen LogP contribution in [0.25, 0.3) is 0 Å². The summed E-state index contributed by atoms with van der Waals surface area (Å²) in [6, 6.07) is 15.8. The summed E-state index contributed by atoms with van der Waals surface area (Å²) >= 11 is 3.50. The van der Waals surface area contributed by atoms with E-state index < -0.39 is 0 Å². The third kappa shape index (κ3) is 3.37. The Bertz CT molecular complexity index is 623. The third-order valence-corrected chi connectivity index (χ3v) is 4.12. The molecule has 0 saturated heterocycles. The normalized spacial score (nSPS) is 11.4. The molecule has 2 aromatic rings. The topological polar surface area (TPSA) is 17.1 Å². The molecular weight excluding hydrogens is 312 g/mol. The van der Waals surface area contributed by atoms with Gasteiger partial charge in [0.2, 0.25) is 0 Å². The minimum atomic E-state index is -0.0276. The summed E-state index contributed by atoms with van der Waals surface area (Å²) in [5.74, 6) is 0.169. The van der Waals surface area contributed by atoms with Crippen molar-refractivity contribution in [3.05, 3.63) is 69.7 Å². The number of carbonyl (C=O) groups is 1. The van der Waals surface area contributed by atoms with Gasteiger partial charge < -0.3 is 0 Å². The molecule has 0 amide bonds. The maximum atomic E-state index is 12.6. The van der Waals surface area contributed by atoms with Crippen LogP contribution in [-0.4, -0.2) is 5.78 Å². The van der Waals surface area contributed by atoms with Gasteiger partial charge in [0.1, 0.15) is 0 Å². The quantitative estimate of drug-likeness (QED) is 0.709. The van der Waals surface area contributed by atoms with E-state index in [0.717, 1.165) is 21.2 Å². The van der Waals surface area contributed by atoms with E-state index in [2.05, 4.69) is 36.7 Å². The van der Waals surface area contributed by atoms with Crippen LogP contribution in [0.15, 0.2) is 53.0 Å². The molecule has 1 nitrogen and oxygen atoms in total. The zero-order valence-electron chi connectivity index (χ0n) is 12.1. The summed E-state index contributed by atoms with van der Waals surface area (Å²) in [6.45, 7) is 6.41. The summed E-state index contributed by atoms with van der Waals surface area (Å²) in [5.41, 5.74) is 2.94. The van der Waals surface area contributed by atoms with Gasteiger partial charge in [0, 0.05) is 16.5 Å². The second-order valence-electron chi connectivity index (χ2n) is 5.99. The molecule has 2 aromatic carbocycles. The van der Waals surface area contributed by atoms with Crippen molar-refractivity contribution >= 4 is 21.7 Å². The Labute approximate surface area is 129 Å².